The van der Waals surface area contributed by atoms with Crippen molar-refractivity contribution in [2.75, 3.05) is 27.3 Å². The lowest BCUT2D eigenvalue weighted by molar-refractivity contribution is -0.0246. The number of benzene rings is 2. The molecular weight excluding hydrogens is 466 g/mol. The quantitative estimate of drug-likeness (QED) is 0.395. The molecule has 2 aliphatic rings. The summed E-state index contributed by atoms with van der Waals surface area (Å²) in [4.78, 5) is 31.2. The third-order valence-electron chi connectivity index (χ3n) is 6.73. The molecule has 1 saturated heterocycles. The molecule has 2 amide bonds. The molecule has 0 radical (unpaired) electrons. The highest BCUT2D eigenvalue weighted by Gasteiger charge is 2.43. The molecule has 2 aromatic heterocycles. The van der Waals surface area contributed by atoms with Gasteiger partial charge in [-0.25, -0.2) is 5.10 Å². The summed E-state index contributed by atoms with van der Waals surface area (Å²) in [5.74, 6) is 1.85. The van der Waals surface area contributed by atoms with Gasteiger partial charge in [-0.05, 0) is 46.8 Å². The molecule has 36 heavy (non-hydrogen) atoms. The SMILES string of the molecule is COc1ccc(OC)c2[nH]c(C(=O)N3CCC4(CC3)NC(=O)c3cc(-c5nnn[nH]5)ccc3O4)cc12. The van der Waals surface area contributed by atoms with Gasteiger partial charge in [-0.3, -0.25) is 9.59 Å². The van der Waals surface area contributed by atoms with Gasteiger partial charge in [0.05, 0.1) is 25.3 Å². The summed E-state index contributed by atoms with van der Waals surface area (Å²) in [7, 11) is 3.17. The van der Waals surface area contributed by atoms with Crippen LogP contribution in [0.15, 0.2) is 36.4 Å². The monoisotopic (exact) mass is 489 g/mol. The highest BCUT2D eigenvalue weighted by molar-refractivity contribution is 6.02. The number of methoxy groups -OCH3 is 2. The number of fused-ring (bicyclic) bond motifs is 2. The van der Waals surface area contributed by atoms with Crippen LogP contribution in [0.25, 0.3) is 22.3 Å². The number of rotatable bonds is 4. The van der Waals surface area contributed by atoms with Crippen molar-refractivity contribution in [1.82, 2.24) is 35.8 Å². The van der Waals surface area contributed by atoms with Gasteiger partial charge in [0.1, 0.15) is 22.9 Å². The second-order valence-corrected chi connectivity index (χ2v) is 8.75. The van der Waals surface area contributed by atoms with Gasteiger partial charge in [0.25, 0.3) is 11.8 Å². The lowest BCUT2D eigenvalue weighted by atomic mass is 9.96. The number of hydrogen-bond donors (Lipinski definition) is 3. The predicted octanol–water partition coefficient (Wildman–Crippen LogP) is 2.12. The van der Waals surface area contributed by atoms with Crippen LogP contribution in [-0.2, 0) is 0 Å². The average Bonchev–Trinajstić information content (AvgIpc) is 3.59. The number of aromatic amines is 2. The molecule has 1 fully saturated rings. The normalized spacial score (nSPS) is 16.4. The van der Waals surface area contributed by atoms with E-state index >= 15 is 0 Å². The fourth-order valence-corrected chi connectivity index (χ4v) is 4.83. The summed E-state index contributed by atoms with van der Waals surface area (Å²) in [6.45, 7) is 0.833. The summed E-state index contributed by atoms with van der Waals surface area (Å²) < 4.78 is 17.1. The zero-order valence-corrected chi connectivity index (χ0v) is 19.6. The van der Waals surface area contributed by atoms with Gasteiger partial charge >= 0.3 is 0 Å². The third-order valence-corrected chi connectivity index (χ3v) is 6.73. The van der Waals surface area contributed by atoms with Crippen LogP contribution in [0, 0.1) is 0 Å². The van der Waals surface area contributed by atoms with Crippen molar-refractivity contribution in [2.45, 2.75) is 18.6 Å². The van der Waals surface area contributed by atoms with Crippen LogP contribution in [0.1, 0.15) is 33.7 Å². The van der Waals surface area contributed by atoms with E-state index in [0.717, 1.165) is 5.39 Å². The molecule has 0 bridgehead atoms. The maximum absolute atomic E-state index is 13.3. The van der Waals surface area contributed by atoms with Crippen LogP contribution in [-0.4, -0.2) is 75.4 Å². The molecule has 0 saturated carbocycles. The van der Waals surface area contributed by atoms with E-state index in [4.69, 9.17) is 14.2 Å². The van der Waals surface area contributed by atoms with Crippen molar-refractivity contribution in [2.24, 2.45) is 0 Å². The number of piperidine rings is 1. The lowest BCUT2D eigenvalue weighted by Gasteiger charge is -2.44. The minimum Gasteiger partial charge on any atom is -0.496 e. The molecule has 12 heteroatoms. The maximum Gasteiger partial charge on any atom is 0.270 e. The summed E-state index contributed by atoms with van der Waals surface area (Å²) >= 11 is 0. The number of nitrogens with zero attached hydrogens (tertiary/aromatic N) is 4. The number of tetrazole rings is 1. The predicted molar refractivity (Wildman–Crippen MR) is 127 cm³/mol. The Balaban J connectivity index is 1.20. The Morgan fingerprint density at radius 2 is 1.86 bits per heavy atom. The number of nitrogens with one attached hydrogen (secondary N) is 3. The Morgan fingerprint density at radius 3 is 2.58 bits per heavy atom. The maximum atomic E-state index is 13.3. The molecule has 1 spiro atoms. The molecule has 3 N–H and O–H groups in total. The Morgan fingerprint density at radius 1 is 1.08 bits per heavy atom. The molecule has 4 heterocycles. The summed E-state index contributed by atoms with van der Waals surface area (Å²) in [5.41, 5.74) is 1.36. The first-order valence-electron chi connectivity index (χ1n) is 11.4. The topological polar surface area (TPSA) is 147 Å². The molecule has 0 unspecified atom stereocenters. The van der Waals surface area contributed by atoms with Gasteiger partial charge in [0, 0.05) is 36.9 Å². The van der Waals surface area contributed by atoms with E-state index in [9.17, 15) is 9.59 Å². The second-order valence-electron chi connectivity index (χ2n) is 8.75. The first-order chi connectivity index (χ1) is 17.5. The summed E-state index contributed by atoms with van der Waals surface area (Å²) in [6.07, 6.45) is 0.898. The Hall–Kier alpha value is -4.61. The van der Waals surface area contributed by atoms with E-state index in [-0.39, 0.29) is 11.8 Å². The minimum absolute atomic E-state index is 0.141. The molecule has 2 aliphatic heterocycles. The number of aromatic nitrogens is 5. The largest absolute Gasteiger partial charge is 0.496 e. The van der Waals surface area contributed by atoms with E-state index in [1.54, 1.807) is 55.5 Å². The van der Waals surface area contributed by atoms with Gasteiger partial charge in [-0.15, -0.1) is 5.10 Å². The van der Waals surface area contributed by atoms with Crippen molar-refractivity contribution in [3.05, 3.63) is 47.7 Å². The standard InChI is InChI=1S/C24H23N7O5/c1-34-17-5-6-19(35-2)20-14(17)12-16(25-20)23(33)31-9-7-24(8-10-31)26-22(32)15-11-13(3-4-18(15)36-24)21-27-29-30-28-21/h3-6,11-12,25H,7-10H2,1-2H3,(H,26,32)(H,27,28,29,30). The van der Waals surface area contributed by atoms with Gasteiger partial charge in [-0.1, -0.05) is 0 Å². The van der Waals surface area contributed by atoms with Crippen LogP contribution < -0.4 is 19.5 Å². The summed E-state index contributed by atoms with van der Waals surface area (Å²) in [6, 6.07) is 10.6. The van der Waals surface area contributed by atoms with Crippen molar-refractivity contribution in [3.63, 3.8) is 0 Å². The zero-order chi connectivity index (χ0) is 24.9. The molecule has 184 valence electrons. The smallest absolute Gasteiger partial charge is 0.270 e. The zero-order valence-electron chi connectivity index (χ0n) is 19.6. The number of ether oxygens (including phenoxy) is 3. The Bertz CT molecular complexity index is 1430. The molecule has 2 aromatic carbocycles. The van der Waals surface area contributed by atoms with Crippen molar-refractivity contribution in [1.29, 1.82) is 0 Å². The van der Waals surface area contributed by atoms with Crippen LogP contribution in [0.2, 0.25) is 0 Å². The van der Waals surface area contributed by atoms with Crippen molar-refractivity contribution >= 4 is 22.7 Å². The number of H-pyrrole nitrogens is 2. The number of carbonyl (C=O) groups excluding carboxylic acids is 2. The Labute approximate surface area is 204 Å². The fraction of sp³-hybridized carbons (Fsp3) is 0.292. The first kappa shape index (κ1) is 21.9. The van der Waals surface area contributed by atoms with Crippen LogP contribution in [0.5, 0.6) is 17.2 Å². The van der Waals surface area contributed by atoms with Crippen molar-refractivity contribution < 1.29 is 23.8 Å². The number of likely N-dealkylation sites (tertiary alicyclic amines) is 1. The van der Waals surface area contributed by atoms with Gasteiger partial charge in [0.15, 0.2) is 11.5 Å². The molecule has 6 rings (SSSR count). The number of hydrogen-bond acceptors (Lipinski definition) is 8. The highest BCUT2D eigenvalue weighted by atomic mass is 16.5. The molecular formula is C24H23N7O5. The van der Waals surface area contributed by atoms with Gasteiger partial charge in [0.2, 0.25) is 0 Å². The second kappa shape index (κ2) is 8.26. The number of amides is 2. The first-order valence-corrected chi connectivity index (χ1v) is 11.4. The third kappa shape index (κ3) is 3.49. The molecule has 12 nitrogen and oxygen atoms in total. The van der Waals surface area contributed by atoms with E-state index in [0.29, 0.717) is 71.3 Å². The summed E-state index contributed by atoms with van der Waals surface area (Å²) in [5, 5.41) is 17.5. The number of carbonyl (C=O) groups is 2. The molecule has 0 atom stereocenters. The highest BCUT2D eigenvalue weighted by Crippen LogP contribution is 2.37. The van der Waals surface area contributed by atoms with Gasteiger partial charge in [-0.2, -0.15) is 0 Å². The Kier molecular flexibility index (Phi) is 5.02. The van der Waals surface area contributed by atoms with Crippen LogP contribution in [0.3, 0.4) is 0 Å². The molecule has 4 aromatic rings. The minimum atomic E-state index is -0.872. The van der Waals surface area contributed by atoms with E-state index < -0.39 is 5.72 Å². The van der Waals surface area contributed by atoms with Crippen LogP contribution >= 0.6 is 0 Å². The van der Waals surface area contributed by atoms with E-state index in [2.05, 4.69) is 30.9 Å². The van der Waals surface area contributed by atoms with Crippen molar-refractivity contribution in [3.8, 4) is 28.6 Å². The van der Waals surface area contributed by atoms with Gasteiger partial charge < -0.3 is 29.4 Å². The van der Waals surface area contributed by atoms with E-state index in [1.165, 1.54) is 0 Å². The van der Waals surface area contributed by atoms with Crippen LogP contribution in [0.4, 0.5) is 0 Å². The van der Waals surface area contributed by atoms with E-state index in [1.807, 2.05) is 0 Å². The molecule has 0 aliphatic carbocycles. The fourth-order valence-electron chi connectivity index (χ4n) is 4.83. The average molecular weight is 489 g/mol. The lowest BCUT2D eigenvalue weighted by Crippen LogP contribution is -2.61.